The fraction of sp³-hybridized carbons (Fsp3) is 0.200. The van der Waals surface area contributed by atoms with Crippen molar-refractivity contribution in [3.05, 3.63) is 92.2 Å². The van der Waals surface area contributed by atoms with Gasteiger partial charge in [0, 0.05) is 36.0 Å². The molecular weight excluding hydrogens is 498 g/mol. The Labute approximate surface area is 214 Å². The molecule has 0 spiro atoms. The van der Waals surface area contributed by atoms with Crippen molar-refractivity contribution in [2.24, 2.45) is 11.8 Å². The Hall–Kier alpha value is -5.38. The molecule has 2 aromatic rings. The van der Waals surface area contributed by atoms with Gasteiger partial charge in [0.2, 0.25) is 11.8 Å². The molecule has 2 amide bonds. The van der Waals surface area contributed by atoms with Crippen molar-refractivity contribution in [3.8, 4) is 11.8 Å². The minimum absolute atomic E-state index is 0.0290. The topological polar surface area (TPSA) is 177 Å². The van der Waals surface area contributed by atoms with Crippen molar-refractivity contribution in [2.45, 2.75) is 12.1 Å². The van der Waals surface area contributed by atoms with Crippen LogP contribution in [0.15, 0.2) is 66.4 Å². The number of benzene rings is 2. The summed E-state index contributed by atoms with van der Waals surface area (Å²) >= 11 is 0. The summed E-state index contributed by atoms with van der Waals surface area (Å²) in [6, 6.07) is 8.41. The number of nitro benzene ring substituents is 2. The van der Waals surface area contributed by atoms with E-state index in [2.05, 4.69) is 0 Å². The lowest BCUT2D eigenvalue weighted by molar-refractivity contribution is -0.385. The first kappa shape index (κ1) is 24.3. The van der Waals surface area contributed by atoms with Gasteiger partial charge in [0.15, 0.2) is 5.78 Å². The summed E-state index contributed by atoms with van der Waals surface area (Å²) in [6.45, 7) is 0. The number of hydrogen-bond acceptors (Lipinski definition) is 10. The Morgan fingerprint density at radius 1 is 1.03 bits per heavy atom. The number of nitrogens with zero attached hydrogens (tertiary/aromatic N) is 5. The zero-order valence-corrected chi connectivity index (χ0v) is 19.6. The molecule has 0 aliphatic carbocycles. The second-order valence-corrected chi connectivity index (χ2v) is 8.78. The number of amides is 2. The van der Waals surface area contributed by atoms with Crippen molar-refractivity contribution < 1.29 is 29.0 Å². The maximum Gasteiger partial charge on any atom is 0.271 e. The average Bonchev–Trinajstić information content (AvgIpc) is 3.39. The van der Waals surface area contributed by atoms with Crippen LogP contribution in [-0.2, 0) is 9.59 Å². The molecule has 13 nitrogen and oxygen atoms in total. The van der Waals surface area contributed by atoms with Crippen LogP contribution in [0.2, 0.25) is 0 Å². The first-order valence-corrected chi connectivity index (χ1v) is 11.2. The van der Waals surface area contributed by atoms with E-state index in [0.717, 1.165) is 17.0 Å². The van der Waals surface area contributed by atoms with Crippen molar-refractivity contribution in [1.29, 1.82) is 5.26 Å². The highest BCUT2D eigenvalue weighted by atomic mass is 16.6. The quantitative estimate of drug-likeness (QED) is 0.240. The third kappa shape index (κ3) is 3.58. The normalized spacial score (nSPS) is 23.4. The van der Waals surface area contributed by atoms with Crippen LogP contribution < -0.4 is 9.64 Å². The zero-order chi connectivity index (χ0) is 27.3. The monoisotopic (exact) mass is 515 g/mol. The average molecular weight is 515 g/mol. The Balaban J connectivity index is 1.64. The number of imide groups is 1. The van der Waals surface area contributed by atoms with Gasteiger partial charge in [-0.15, -0.1) is 0 Å². The molecular formula is C25H17N5O8. The first-order chi connectivity index (χ1) is 18.2. The van der Waals surface area contributed by atoms with Gasteiger partial charge in [0.05, 0.1) is 46.5 Å². The Morgan fingerprint density at radius 2 is 1.71 bits per heavy atom. The number of ether oxygens (including phenoxy) is 1. The minimum atomic E-state index is -1.23. The molecule has 190 valence electrons. The number of ketones is 1. The lowest BCUT2D eigenvalue weighted by Gasteiger charge is -2.32. The number of hydrogen-bond donors (Lipinski definition) is 0. The maximum absolute atomic E-state index is 13.8. The molecule has 2 fully saturated rings. The molecule has 2 aromatic carbocycles. The second kappa shape index (κ2) is 8.93. The van der Waals surface area contributed by atoms with E-state index in [1.807, 2.05) is 6.07 Å². The molecule has 3 aliphatic heterocycles. The summed E-state index contributed by atoms with van der Waals surface area (Å²) in [7, 11) is 1.28. The molecule has 0 aromatic heterocycles. The molecule has 0 N–H and O–H groups in total. The fourth-order valence-electron chi connectivity index (χ4n) is 5.27. The first-order valence-electron chi connectivity index (χ1n) is 11.2. The Kier molecular flexibility index (Phi) is 5.71. The summed E-state index contributed by atoms with van der Waals surface area (Å²) in [4.78, 5) is 65.0. The van der Waals surface area contributed by atoms with Crippen LogP contribution in [0.5, 0.6) is 5.75 Å². The fourth-order valence-corrected chi connectivity index (χ4v) is 5.27. The summed E-state index contributed by atoms with van der Waals surface area (Å²) in [5.41, 5.74) is -0.648. The van der Waals surface area contributed by atoms with Crippen LogP contribution >= 0.6 is 0 Å². The van der Waals surface area contributed by atoms with Crippen molar-refractivity contribution in [1.82, 2.24) is 4.90 Å². The molecule has 2 saturated heterocycles. The maximum atomic E-state index is 13.8. The van der Waals surface area contributed by atoms with E-state index in [-0.39, 0.29) is 33.9 Å². The van der Waals surface area contributed by atoms with Gasteiger partial charge in [0.1, 0.15) is 17.5 Å². The van der Waals surface area contributed by atoms with Crippen molar-refractivity contribution >= 4 is 34.7 Å². The van der Waals surface area contributed by atoms with E-state index in [1.165, 1.54) is 60.7 Å². The van der Waals surface area contributed by atoms with Crippen molar-refractivity contribution in [3.63, 3.8) is 0 Å². The van der Waals surface area contributed by atoms with E-state index in [9.17, 15) is 39.9 Å². The molecule has 0 radical (unpaired) electrons. The zero-order valence-electron chi connectivity index (χ0n) is 19.6. The number of Topliss-reactive ketones (excluding diaryl/α,β-unsaturated/α-hetero) is 1. The van der Waals surface area contributed by atoms with Crippen LogP contribution in [0.3, 0.4) is 0 Å². The lowest BCUT2D eigenvalue weighted by atomic mass is 9.86. The lowest BCUT2D eigenvalue weighted by Crippen LogP contribution is -2.46. The van der Waals surface area contributed by atoms with Gasteiger partial charge in [0.25, 0.3) is 11.4 Å². The molecule has 38 heavy (non-hydrogen) atoms. The van der Waals surface area contributed by atoms with E-state index in [1.54, 1.807) is 0 Å². The minimum Gasteiger partial charge on any atom is -0.495 e. The number of anilines is 1. The highest BCUT2D eigenvalue weighted by Crippen LogP contribution is 2.48. The molecule has 0 bridgehead atoms. The highest BCUT2D eigenvalue weighted by Gasteiger charge is 2.64. The number of rotatable bonds is 6. The largest absolute Gasteiger partial charge is 0.495 e. The summed E-state index contributed by atoms with van der Waals surface area (Å²) in [5, 5.41) is 32.1. The number of carbonyl (C=O) groups is 3. The highest BCUT2D eigenvalue weighted by molar-refractivity contribution is 6.25. The van der Waals surface area contributed by atoms with E-state index in [0.29, 0.717) is 0 Å². The van der Waals surface area contributed by atoms with Crippen LogP contribution in [0.1, 0.15) is 10.4 Å². The summed E-state index contributed by atoms with van der Waals surface area (Å²) < 4.78 is 5.26. The third-order valence-corrected chi connectivity index (χ3v) is 6.90. The van der Waals surface area contributed by atoms with Crippen molar-refractivity contribution in [2.75, 3.05) is 12.0 Å². The van der Waals surface area contributed by atoms with Crippen LogP contribution in [-0.4, -0.2) is 51.5 Å². The molecule has 13 heteroatoms. The van der Waals surface area contributed by atoms with E-state index < -0.39 is 51.4 Å². The standard InChI is InChI=1S/C25H17N5O8/c1-38-19-6-5-16(30(36)37)11-17(19)28-24(32)20-18-9-13(12-26)7-8-27(18)22(21(20)25(28)33)23(31)14-3-2-4-15(10-14)29(34)35/h2-11,18,20-22H,1H3/t18-,20+,21+,22+/m1/s1. The predicted molar refractivity (Wildman–Crippen MR) is 129 cm³/mol. The van der Waals surface area contributed by atoms with Crippen LogP contribution in [0.4, 0.5) is 17.1 Å². The van der Waals surface area contributed by atoms with Crippen LogP contribution in [0, 0.1) is 43.4 Å². The Bertz CT molecular complexity index is 1540. The number of nitriles is 1. The summed E-state index contributed by atoms with van der Waals surface area (Å²) in [5.74, 6) is -4.43. The van der Waals surface area contributed by atoms with Gasteiger partial charge in [-0.25, -0.2) is 4.90 Å². The number of allylic oxidation sites excluding steroid dienone is 2. The number of carbonyl (C=O) groups excluding carboxylic acids is 3. The molecule has 0 saturated carbocycles. The van der Waals surface area contributed by atoms with Gasteiger partial charge in [-0.3, -0.25) is 34.6 Å². The Morgan fingerprint density at radius 3 is 2.37 bits per heavy atom. The van der Waals surface area contributed by atoms with E-state index in [4.69, 9.17) is 4.74 Å². The third-order valence-electron chi connectivity index (χ3n) is 6.90. The molecule has 5 rings (SSSR count). The molecule has 3 aliphatic rings. The molecule has 4 atom stereocenters. The number of nitro groups is 2. The summed E-state index contributed by atoms with van der Waals surface area (Å²) in [6.07, 6.45) is 4.39. The molecule has 3 heterocycles. The predicted octanol–water partition coefficient (Wildman–Crippen LogP) is 2.53. The number of non-ortho nitro benzene ring substituents is 2. The van der Waals surface area contributed by atoms with Gasteiger partial charge in [-0.05, 0) is 18.2 Å². The second-order valence-electron chi connectivity index (χ2n) is 8.78. The smallest absolute Gasteiger partial charge is 0.271 e. The number of methoxy groups -OCH3 is 1. The number of fused-ring (bicyclic) bond motifs is 3. The van der Waals surface area contributed by atoms with Gasteiger partial charge < -0.3 is 9.64 Å². The van der Waals surface area contributed by atoms with Gasteiger partial charge in [-0.2, -0.15) is 5.26 Å². The van der Waals surface area contributed by atoms with Crippen LogP contribution in [0.25, 0.3) is 0 Å². The van der Waals surface area contributed by atoms with Gasteiger partial charge in [-0.1, -0.05) is 12.1 Å². The van der Waals surface area contributed by atoms with E-state index >= 15 is 0 Å². The van der Waals surface area contributed by atoms with Gasteiger partial charge >= 0.3 is 0 Å². The SMILES string of the molecule is COc1ccc([N+](=O)[O-])cc1N1C(=O)[C@@H]2[C@H](C1=O)[C@@H](C(=O)c1cccc([N+](=O)[O-])c1)N1C=CC(C#N)=C[C@H]21. The molecule has 0 unspecified atom stereocenters.